The van der Waals surface area contributed by atoms with E-state index in [2.05, 4.69) is 24.5 Å². The average Bonchev–Trinajstić information content (AvgIpc) is 2.05. The summed E-state index contributed by atoms with van der Waals surface area (Å²) in [6.45, 7) is 5.83. The topological polar surface area (TPSA) is 24.1 Å². The molecule has 2 fully saturated rings. The van der Waals surface area contributed by atoms with Crippen molar-refractivity contribution in [3.05, 3.63) is 0 Å². The van der Waals surface area contributed by atoms with Gasteiger partial charge >= 0.3 is 0 Å². The van der Waals surface area contributed by atoms with Gasteiger partial charge in [0, 0.05) is 12.6 Å². The minimum absolute atomic E-state index is 0.527. The Balaban J connectivity index is 1.94. The van der Waals surface area contributed by atoms with Gasteiger partial charge in [-0.2, -0.15) is 0 Å². The molecular weight excluding hydrogens is 148 g/mol. The van der Waals surface area contributed by atoms with Crippen LogP contribution in [0.3, 0.4) is 0 Å². The Hall–Kier alpha value is -0.0800. The molecule has 70 valence electrons. The number of nitrogens with one attached hydrogen (secondary N) is 2. The summed E-state index contributed by atoms with van der Waals surface area (Å²) >= 11 is 0. The maximum Gasteiger partial charge on any atom is 0.0544 e. The van der Waals surface area contributed by atoms with Gasteiger partial charge in [0.25, 0.3) is 0 Å². The van der Waals surface area contributed by atoms with Crippen LogP contribution >= 0.6 is 0 Å². The van der Waals surface area contributed by atoms with Crippen molar-refractivity contribution >= 4 is 0 Å². The molecule has 2 nitrogen and oxygen atoms in total. The number of fused-ring (bicyclic) bond motifs is 1. The third-order valence-corrected chi connectivity index (χ3v) is 3.39. The Morgan fingerprint density at radius 3 is 2.83 bits per heavy atom. The lowest BCUT2D eigenvalue weighted by molar-refractivity contribution is 0.149. The van der Waals surface area contributed by atoms with E-state index in [1.54, 1.807) is 0 Å². The van der Waals surface area contributed by atoms with Gasteiger partial charge in [0.05, 0.1) is 6.17 Å². The van der Waals surface area contributed by atoms with Crippen LogP contribution in [0.25, 0.3) is 0 Å². The van der Waals surface area contributed by atoms with Crippen LogP contribution in [0.4, 0.5) is 0 Å². The van der Waals surface area contributed by atoms with Crippen LogP contribution in [0.5, 0.6) is 0 Å². The third-order valence-electron chi connectivity index (χ3n) is 3.39. The van der Waals surface area contributed by atoms with E-state index in [9.17, 15) is 0 Å². The van der Waals surface area contributed by atoms with Crippen molar-refractivity contribution in [1.29, 1.82) is 0 Å². The highest BCUT2D eigenvalue weighted by Crippen LogP contribution is 2.30. The lowest BCUT2D eigenvalue weighted by atomic mass is 9.77. The molecule has 0 amide bonds. The third kappa shape index (κ3) is 1.64. The molecule has 0 spiro atoms. The molecule has 2 rings (SSSR count). The lowest BCUT2D eigenvalue weighted by Crippen LogP contribution is -2.58. The molecule has 1 saturated heterocycles. The normalized spacial score (nSPS) is 48.5. The van der Waals surface area contributed by atoms with Crippen LogP contribution in [0.1, 0.15) is 33.1 Å². The molecule has 2 aliphatic rings. The van der Waals surface area contributed by atoms with E-state index >= 15 is 0 Å². The smallest absolute Gasteiger partial charge is 0.0544 e. The Morgan fingerprint density at radius 1 is 1.17 bits per heavy atom. The van der Waals surface area contributed by atoms with Gasteiger partial charge < -0.3 is 5.32 Å². The van der Waals surface area contributed by atoms with Crippen molar-refractivity contribution in [2.75, 3.05) is 6.54 Å². The second-order valence-corrected chi connectivity index (χ2v) is 4.58. The molecule has 0 aromatic carbocycles. The van der Waals surface area contributed by atoms with Crippen LogP contribution in [-0.2, 0) is 0 Å². The molecule has 0 radical (unpaired) electrons. The van der Waals surface area contributed by atoms with E-state index in [-0.39, 0.29) is 0 Å². The molecule has 1 aliphatic heterocycles. The van der Waals surface area contributed by atoms with E-state index in [0.29, 0.717) is 6.17 Å². The highest BCUT2D eigenvalue weighted by Gasteiger charge is 2.32. The first-order valence-corrected chi connectivity index (χ1v) is 5.25. The van der Waals surface area contributed by atoms with E-state index in [1.165, 1.54) is 25.8 Å². The van der Waals surface area contributed by atoms with Gasteiger partial charge in [-0.15, -0.1) is 0 Å². The largest absolute Gasteiger partial charge is 0.302 e. The zero-order valence-electron chi connectivity index (χ0n) is 8.14. The van der Waals surface area contributed by atoms with Gasteiger partial charge in [0.2, 0.25) is 0 Å². The van der Waals surface area contributed by atoms with Crippen molar-refractivity contribution in [3.63, 3.8) is 0 Å². The summed E-state index contributed by atoms with van der Waals surface area (Å²) in [5.74, 6) is 1.84. The molecule has 12 heavy (non-hydrogen) atoms. The Labute approximate surface area is 75.1 Å². The highest BCUT2D eigenvalue weighted by molar-refractivity contribution is 4.89. The van der Waals surface area contributed by atoms with Crippen LogP contribution < -0.4 is 10.6 Å². The molecule has 1 saturated carbocycles. The molecule has 0 aromatic rings. The summed E-state index contributed by atoms with van der Waals surface area (Å²) in [6, 6.07) is 0.803. The minimum atomic E-state index is 0.527. The van der Waals surface area contributed by atoms with E-state index in [1.807, 2.05) is 0 Å². The molecular formula is C10H20N2. The standard InChI is InChI=1S/C10H20N2/c1-7-3-4-10-9(5-7)6-11-8(2)12-10/h7-12H,3-6H2,1-2H3. The SMILES string of the molecule is CC1CCC2NC(C)NCC2C1. The summed E-state index contributed by atoms with van der Waals surface area (Å²) in [6.07, 6.45) is 4.75. The van der Waals surface area contributed by atoms with Crippen molar-refractivity contribution in [1.82, 2.24) is 10.6 Å². The average molecular weight is 168 g/mol. The fourth-order valence-corrected chi connectivity index (χ4v) is 2.65. The summed E-state index contributed by atoms with van der Waals surface area (Å²) in [7, 11) is 0. The second-order valence-electron chi connectivity index (χ2n) is 4.58. The number of rotatable bonds is 0. The number of hydrogen-bond donors (Lipinski definition) is 2. The van der Waals surface area contributed by atoms with E-state index in [0.717, 1.165) is 17.9 Å². The van der Waals surface area contributed by atoms with Crippen molar-refractivity contribution in [3.8, 4) is 0 Å². The minimum Gasteiger partial charge on any atom is -0.302 e. The van der Waals surface area contributed by atoms with Crippen LogP contribution in [-0.4, -0.2) is 18.8 Å². The van der Waals surface area contributed by atoms with Gasteiger partial charge in [0.15, 0.2) is 0 Å². The molecule has 0 aromatic heterocycles. The first-order chi connectivity index (χ1) is 5.75. The van der Waals surface area contributed by atoms with Crippen LogP contribution in [0, 0.1) is 11.8 Å². The lowest BCUT2D eigenvalue weighted by Gasteiger charge is -2.42. The fraction of sp³-hybridized carbons (Fsp3) is 1.00. The van der Waals surface area contributed by atoms with Gasteiger partial charge in [0.1, 0.15) is 0 Å². The maximum atomic E-state index is 3.63. The maximum absolute atomic E-state index is 3.63. The van der Waals surface area contributed by atoms with Gasteiger partial charge in [-0.25, -0.2) is 0 Å². The fourth-order valence-electron chi connectivity index (χ4n) is 2.65. The van der Waals surface area contributed by atoms with Gasteiger partial charge in [-0.3, -0.25) is 5.32 Å². The Kier molecular flexibility index (Phi) is 2.37. The molecule has 4 atom stereocenters. The number of hydrogen-bond acceptors (Lipinski definition) is 2. The van der Waals surface area contributed by atoms with Crippen LogP contribution in [0.2, 0.25) is 0 Å². The Morgan fingerprint density at radius 2 is 2.00 bits per heavy atom. The molecule has 4 unspecified atom stereocenters. The molecule has 1 aliphatic carbocycles. The molecule has 2 N–H and O–H groups in total. The van der Waals surface area contributed by atoms with Crippen molar-refractivity contribution in [2.24, 2.45) is 11.8 Å². The predicted molar refractivity (Wildman–Crippen MR) is 50.9 cm³/mol. The molecule has 2 heteroatoms. The van der Waals surface area contributed by atoms with E-state index in [4.69, 9.17) is 0 Å². The first-order valence-electron chi connectivity index (χ1n) is 5.25. The molecule has 1 heterocycles. The second kappa shape index (κ2) is 3.35. The summed E-state index contributed by atoms with van der Waals surface area (Å²) in [5.41, 5.74) is 0. The zero-order valence-corrected chi connectivity index (χ0v) is 8.14. The van der Waals surface area contributed by atoms with Crippen molar-refractivity contribution in [2.45, 2.75) is 45.3 Å². The molecule has 0 bridgehead atoms. The predicted octanol–water partition coefficient (Wildman–Crippen LogP) is 1.33. The summed E-state index contributed by atoms with van der Waals surface area (Å²) in [5, 5.41) is 7.12. The highest BCUT2D eigenvalue weighted by atomic mass is 15.2. The van der Waals surface area contributed by atoms with Crippen molar-refractivity contribution < 1.29 is 0 Å². The monoisotopic (exact) mass is 168 g/mol. The summed E-state index contributed by atoms with van der Waals surface area (Å²) in [4.78, 5) is 0. The van der Waals surface area contributed by atoms with E-state index < -0.39 is 0 Å². The van der Waals surface area contributed by atoms with Gasteiger partial charge in [-0.1, -0.05) is 6.92 Å². The van der Waals surface area contributed by atoms with Gasteiger partial charge in [-0.05, 0) is 38.0 Å². The summed E-state index contributed by atoms with van der Waals surface area (Å²) < 4.78 is 0. The zero-order chi connectivity index (χ0) is 8.55. The quantitative estimate of drug-likeness (QED) is 0.570. The first kappa shape index (κ1) is 8.52. The Bertz CT molecular complexity index is 140. The van der Waals surface area contributed by atoms with Crippen LogP contribution in [0.15, 0.2) is 0 Å².